The number of fused-ring (bicyclic) bond motifs is 2. The monoisotopic (exact) mass is 612 g/mol. The molecule has 0 aliphatic heterocycles. The molecule has 0 unspecified atom stereocenters. The summed E-state index contributed by atoms with van der Waals surface area (Å²) < 4.78 is 0. The first-order valence-corrected chi connectivity index (χ1v) is 13.1. The zero-order valence-electron chi connectivity index (χ0n) is 23.8. The number of carbonyl (C=O) groups is 2. The van der Waals surface area contributed by atoms with Crippen molar-refractivity contribution in [3.8, 4) is 0 Å². The Kier molecular flexibility index (Phi) is 9.80. The Morgan fingerprint density at radius 3 is 1.40 bits per heavy atom. The molecular weight excluding hydrogens is 587 g/mol. The Balaban J connectivity index is 0.000000192. The van der Waals surface area contributed by atoms with Gasteiger partial charge in [0.05, 0.1) is 33.9 Å². The van der Waals surface area contributed by atoms with Gasteiger partial charge in [-0.1, -0.05) is 48.8 Å². The zero-order valence-corrected chi connectivity index (χ0v) is 24.8. The van der Waals surface area contributed by atoms with Gasteiger partial charge in [0.25, 0.3) is 0 Å². The number of rotatable bonds is 4. The molecule has 0 amide bonds. The van der Waals surface area contributed by atoms with Gasteiger partial charge in [-0.15, -0.1) is 0 Å². The van der Waals surface area contributed by atoms with Gasteiger partial charge in [0, 0.05) is 11.4 Å². The summed E-state index contributed by atoms with van der Waals surface area (Å²) in [5, 5.41) is 8.36. The number of aryl methyl sites for hydroxylation is 4. The summed E-state index contributed by atoms with van der Waals surface area (Å²) in [6.45, 7) is 7.68. The van der Waals surface area contributed by atoms with Gasteiger partial charge in [0.1, 0.15) is 0 Å². The van der Waals surface area contributed by atoms with Crippen LogP contribution < -0.4 is 0 Å². The molecule has 4 aromatic heterocycles. The zero-order chi connectivity index (χ0) is 29.6. The minimum atomic E-state index is -0.0580. The van der Waals surface area contributed by atoms with E-state index >= 15 is 0 Å². The van der Waals surface area contributed by atoms with Crippen LogP contribution in [0.15, 0.2) is 95.4 Å². The van der Waals surface area contributed by atoms with Crippen LogP contribution in [0.4, 0.5) is 11.6 Å². The number of allylic oxidation sites excluding steroid dienone is 4. The molecule has 4 heterocycles. The number of hydrogen-bond acceptors (Lipinski definition) is 8. The number of carbonyl (C=O) groups excluding carboxylic acids is 2. The van der Waals surface area contributed by atoms with E-state index < -0.39 is 0 Å². The molecule has 10 nitrogen and oxygen atoms in total. The average molecular weight is 613 g/mol. The van der Waals surface area contributed by atoms with Gasteiger partial charge in [0.2, 0.25) is 0 Å². The predicted octanol–water partition coefficient (Wildman–Crippen LogP) is 6.51. The van der Waals surface area contributed by atoms with E-state index in [0.29, 0.717) is 45.6 Å². The molecule has 0 aromatic carbocycles. The first-order chi connectivity index (χ1) is 20.3. The maximum absolute atomic E-state index is 11.9. The van der Waals surface area contributed by atoms with E-state index in [9.17, 15) is 9.59 Å². The quantitative estimate of drug-likeness (QED) is 0.190. The van der Waals surface area contributed by atoms with Gasteiger partial charge in [0.15, 0.2) is 11.6 Å². The van der Waals surface area contributed by atoms with Crippen LogP contribution in [0.1, 0.15) is 54.6 Å². The third-order valence-corrected chi connectivity index (χ3v) is 6.55. The van der Waals surface area contributed by atoms with E-state index in [-0.39, 0.29) is 28.1 Å². The van der Waals surface area contributed by atoms with E-state index in [1.54, 1.807) is 36.7 Å². The minimum absolute atomic E-state index is 0. The fraction of sp³-hybridized carbons (Fsp3) is 0.125. The first-order valence-electron chi connectivity index (χ1n) is 13.1. The molecule has 2 aliphatic rings. The van der Waals surface area contributed by atoms with E-state index in [4.69, 9.17) is 0 Å². The molecule has 0 atom stereocenters. The molecule has 216 valence electrons. The number of aromatic nitrogens is 4. The summed E-state index contributed by atoms with van der Waals surface area (Å²) in [5.41, 5.74) is 15.3. The smallest absolute Gasteiger partial charge is 0.442 e. The van der Waals surface area contributed by atoms with Crippen LogP contribution in [0, 0.1) is 27.7 Å². The third kappa shape index (κ3) is 7.20. The minimum Gasteiger partial charge on any atom is -0.442 e. The van der Waals surface area contributed by atoms with Crippen molar-refractivity contribution in [1.29, 1.82) is 0 Å². The molecule has 2 aliphatic carbocycles. The predicted molar refractivity (Wildman–Crippen MR) is 162 cm³/mol. The molecule has 4 aromatic rings. The van der Waals surface area contributed by atoms with Crippen molar-refractivity contribution in [2.75, 3.05) is 0 Å². The van der Waals surface area contributed by atoms with Gasteiger partial charge in [-0.05, 0) is 86.9 Å². The maximum Gasteiger partial charge on any atom is 2.00 e. The fourth-order valence-electron chi connectivity index (χ4n) is 4.02. The Labute approximate surface area is 259 Å². The topological polar surface area (TPSA) is 139 Å². The van der Waals surface area contributed by atoms with E-state index in [2.05, 4.69) is 41.0 Å². The Morgan fingerprint density at radius 1 is 0.605 bits per heavy atom. The van der Waals surface area contributed by atoms with Crippen LogP contribution in [0.5, 0.6) is 0 Å². The molecule has 0 saturated carbocycles. The summed E-state index contributed by atoms with van der Waals surface area (Å²) in [6.07, 6.45) is 9.56. The molecule has 43 heavy (non-hydrogen) atoms. The Hall–Kier alpha value is -5.15. The largest absolute Gasteiger partial charge is 2.00 e. The molecule has 0 fully saturated rings. The van der Waals surface area contributed by atoms with Crippen LogP contribution in [0.25, 0.3) is 10.9 Å². The summed E-state index contributed by atoms with van der Waals surface area (Å²) in [6, 6.07) is 14.5. The van der Waals surface area contributed by atoms with Crippen molar-refractivity contribution in [2.45, 2.75) is 27.7 Å². The van der Waals surface area contributed by atoms with E-state index in [0.717, 1.165) is 22.5 Å². The normalized spacial score (nSPS) is 14.8. The second-order valence-electron chi connectivity index (χ2n) is 9.52. The van der Waals surface area contributed by atoms with Gasteiger partial charge in [-0.2, -0.15) is 0 Å². The summed E-state index contributed by atoms with van der Waals surface area (Å²) in [4.78, 5) is 41.0. The van der Waals surface area contributed by atoms with Gasteiger partial charge in [-0.25, -0.2) is 0 Å². The Morgan fingerprint density at radius 2 is 1.02 bits per heavy atom. The SMILES string of the molecule is Cc1cc2c(nc1C)/C(=N\[N-]c1ccccn1)C=CC2=O.Cc1cc2c(nc1C)/C(=N\[N-]c1ccccn1)C=CC2=O.[Ni+2]. The molecule has 11 heteroatoms. The van der Waals surface area contributed by atoms with Crippen molar-refractivity contribution in [2.24, 2.45) is 10.2 Å². The number of ketones is 2. The number of hydrogen-bond donors (Lipinski definition) is 0. The molecule has 0 N–H and O–H groups in total. The van der Waals surface area contributed by atoms with Gasteiger partial charge in [-0.3, -0.25) is 29.8 Å². The molecule has 0 bridgehead atoms. The van der Waals surface area contributed by atoms with E-state index in [1.807, 2.05) is 64.1 Å². The van der Waals surface area contributed by atoms with Crippen molar-refractivity contribution < 1.29 is 26.1 Å². The van der Waals surface area contributed by atoms with Crippen molar-refractivity contribution >= 4 is 34.6 Å². The van der Waals surface area contributed by atoms with Crippen molar-refractivity contribution in [3.63, 3.8) is 0 Å². The molecule has 0 radical (unpaired) electrons. The van der Waals surface area contributed by atoms with Crippen LogP contribution in [0.3, 0.4) is 0 Å². The number of nitrogens with zero attached hydrogens (tertiary/aromatic N) is 8. The maximum atomic E-state index is 11.9. The summed E-state index contributed by atoms with van der Waals surface area (Å²) in [7, 11) is 0. The first kappa shape index (κ1) is 30.8. The average Bonchev–Trinajstić information content (AvgIpc) is 3.00. The Bertz CT molecular complexity index is 1670. The molecular formula is C32H26N8NiO2. The molecule has 0 spiro atoms. The standard InChI is InChI=1S/2C16H14N4O.Ni/c2*1-10-9-12-14(21)7-6-13(16(12)18-11(10)2)19-20-15-5-3-4-8-17-15;/h2*3-9H,1-2H3,(H,17,18,20,21);/q;;+2/p-2. The van der Waals surface area contributed by atoms with E-state index in [1.165, 1.54) is 12.2 Å². The van der Waals surface area contributed by atoms with Crippen molar-refractivity contribution in [3.05, 3.63) is 141 Å². The second-order valence-corrected chi connectivity index (χ2v) is 9.52. The van der Waals surface area contributed by atoms with Crippen LogP contribution >= 0.6 is 0 Å². The van der Waals surface area contributed by atoms with Crippen LogP contribution in [-0.2, 0) is 16.5 Å². The molecule has 6 rings (SSSR count). The van der Waals surface area contributed by atoms with Gasteiger partial charge < -0.3 is 20.8 Å². The number of pyridine rings is 4. The van der Waals surface area contributed by atoms with Crippen LogP contribution in [-0.4, -0.2) is 42.9 Å². The van der Waals surface area contributed by atoms with Crippen molar-refractivity contribution in [1.82, 2.24) is 19.9 Å². The van der Waals surface area contributed by atoms with Gasteiger partial charge >= 0.3 is 16.5 Å². The summed E-state index contributed by atoms with van der Waals surface area (Å²) in [5.74, 6) is 0.913. The molecule has 0 saturated heterocycles. The fourth-order valence-corrected chi connectivity index (χ4v) is 4.02. The third-order valence-electron chi connectivity index (χ3n) is 6.55. The summed E-state index contributed by atoms with van der Waals surface area (Å²) >= 11 is 0. The second kappa shape index (κ2) is 13.7. The van der Waals surface area contributed by atoms with Crippen LogP contribution in [0.2, 0.25) is 0 Å².